The van der Waals surface area contributed by atoms with E-state index in [-0.39, 0.29) is 23.5 Å². The van der Waals surface area contributed by atoms with Crippen molar-refractivity contribution < 1.29 is 19.1 Å². The fourth-order valence-electron chi connectivity index (χ4n) is 1.92. The Hall–Kier alpha value is -1.89. The van der Waals surface area contributed by atoms with Crippen molar-refractivity contribution in [2.75, 3.05) is 5.32 Å². The fourth-order valence-corrected chi connectivity index (χ4v) is 3.02. The number of ether oxygens (including phenoxy) is 1. The van der Waals surface area contributed by atoms with Gasteiger partial charge in [-0.1, -0.05) is 0 Å². The van der Waals surface area contributed by atoms with Crippen LogP contribution in [-0.4, -0.2) is 23.9 Å². The third-order valence-corrected chi connectivity index (χ3v) is 4.29. The molecule has 0 radical (unpaired) electrons. The van der Waals surface area contributed by atoms with E-state index < -0.39 is 11.9 Å². The van der Waals surface area contributed by atoms with Gasteiger partial charge < -0.3 is 15.8 Å². The summed E-state index contributed by atoms with van der Waals surface area (Å²) in [5.74, 6) is -1.32. The second-order valence-electron chi connectivity index (χ2n) is 5.34. The second kappa shape index (κ2) is 5.85. The van der Waals surface area contributed by atoms with Crippen molar-refractivity contribution in [2.24, 2.45) is 11.7 Å². The number of carbonyl (C=O) groups is 3. The van der Waals surface area contributed by atoms with E-state index >= 15 is 0 Å². The summed E-state index contributed by atoms with van der Waals surface area (Å²) < 4.78 is 5.14. The van der Waals surface area contributed by atoms with Gasteiger partial charge in [0.05, 0.1) is 11.7 Å². The van der Waals surface area contributed by atoms with Gasteiger partial charge in [0.25, 0.3) is 5.91 Å². The predicted molar refractivity (Wildman–Crippen MR) is 79.5 cm³/mol. The van der Waals surface area contributed by atoms with Gasteiger partial charge in [0, 0.05) is 5.92 Å². The standard InChI is InChI=1S/C14H18N2O4S/c1-6(2)20-14(19)10-7(3)9(11(15)17)13(21-10)16-12(18)8-4-5-8/h6,8H,4-5H2,1-3H3,(H2,15,17)(H,16,18). The quantitative estimate of drug-likeness (QED) is 0.813. The minimum absolute atomic E-state index is 0.000742. The van der Waals surface area contributed by atoms with Crippen LogP contribution >= 0.6 is 11.3 Å². The first-order valence-corrected chi connectivity index (χ1v) is 7.58. The molecule has 1 heterocycles. The summed E-state index contributed by atoms with van der Waals surface area (Å²) in [7, 11) is 0. The van der Waals surface area contributed by atoms with Crippen molar-refractivity contribution in [3.63, 3.8) is 0 Å². The molecule has 114 valence electrons. The Morgan fingerprint density at radius 3 is 2.43 bits per heavy atom. The van der Waals surface area contributed by atoms with E-state index in [4.69, 9.17) is 10.5 Å². The molecular formula is C14H18N2O4S. The maximum atomic E-state index is 12.0. The summed E-state index contributed by atoms with van der Waals surface area (Å²) in [5, 5.41) is 3.02. The lowest BCUT2D eigenvalue weighted by Gasteiger charge is -2.06. The van der Waals surface area contributed by atoms with Gasteiger partial charge >= 0.3 is 5.97 Å². The zero-order valence-electron chi connectivity index (χ0n) is 12.2. The van der Waals surface area contributed by atoms with Crippen molar-refractivity contribution in [3.8, 4) is 0 Å². The van der Waals surface area contributed by atoms with Crippen molar-refractivity contribution in [2.45, 2.75) is 39.7 Å². The molecule has 0 saturated heterocycles. The number of hydrogen-bond acceptors (Lipinski definition) is 5. The summed E-state index contributed by atoms with van der Waals surface area (Å²) >= 11 is 1.03. The number of esters is 1. The molecule has 2 rings (SSSR count). The monoisotopic (exact) mass is 310 g/mol. The topological polar surface area (TPSA) is 98.5 Å². The number of hydrogen-bond donors (Lipinski definition) is 2. The first kappa shape index (κ1) is 15.5. The predicted octanol–water partition coefficient (Wildman–Crippen LogP) is 2.07. The lowest BCUT2D eigenvalue weighted by Crippen LogP contribution is -2.18. The third-order valence-electron chi connectivity index (χ3n) is 3.11. The van der Waals surface area contributed by atoms with Gasteiger partial charge in [0.1, 0.15) is 9.88 Å². The minimum atomic E-state index is -0.668. The van der Waals surface area contributed by atoms with Crippen LogP contribution in [0.25, 0.3) is 0 Å². The summed E-state index contributed by atoms with van der Waals surface area (Å²) in [5.41, 5.74) is 6.00. The van der Waals surface area contributed by atoms with Gasteiger partial charge in [-0.05, 0) is 39.2 Å². The molecule has 1 aromatic rings. The van der Waals surface area contributed by atoms with E-state index in [9.17, 15) is 14.4 Å². The molecule has 1 fully saturated rings. The summed E-state index contributed by atoms with van der Waals surface area (Å²) in [6, 6.07) is 0. The Labute approximate surface area is 126 Å². The van der Waals surface area contributed by atoms with E-state index in [2.05, 4.69) is 5.32 Å². The molecule has 21 heavy (non-hydrogen) atoms. The van der Waals surface area contributed by atoms with Crippen LogP contribution in [0.2, 0.25) is 0 Å². The SMILES string of the molecule is Cc1c(C(=O)OC(C)C)sc(NC(=O)C2CC2)c1C(N)=O. The molecule has 0 aliphatic heterocycles. The third kappa shape index (κ3) is 3.41. The molecule has 1 aliphatic rings. The number of carbonyl (C=O) groups excluding carboxylic acids is 3. The lowest BCUT2D eigenvalue weighted by atomic mass is 10.1. The van der Waals surface area contributed by atoms with Crippen molar-refractivity contribution >= 4 is 34.1 Å². The van der Waals surface area contributed by atoms with Crippen LogP contribution in [0.1, 0.15) is 52.3 Å². The first-order chi connectivity index (χ1) is 9.81. The molecule has 0 unspecified atom stereocenters. The Morgan fingerprint density at radius 2 is 1.95 bits per heavy atom. The summed E-state index contributed by atoms with van der Waals surface area (Å²) in [6.07, 6.45) is 1.44. The highest BCUT2D eigenvalue weighted by Gasteiger charge is 2.32. The number of rotatable bonds is 5. The largest absolute Gasteiger partial charge is 0.459 e. The number of amides is 2. The summed E-state index contributed by atoms with van der Waals surface area (Å²) in [6.45, 7) is 5.11. The zero-order valence-corrected chi connectivity index (χ0v) is 13.0. The van der Waals surface area contributed by atoms with E-state index in [1.165, 1.54) is 0 Å². The molecule has 6 nitrogen and oxygen atoms in total. The van der Waals surface area contributed by atoms with Crippen molar-refractivity contribution in [1.29, 1.82) is 0 Å². The highest BCUT2D eigenvalue weighted by atomic mass is 32.1. The first-order valence-electron chi connectivity index (χ1n) is 6.76. The van der Waals surface area contributed by atoms with Crippen LogP contribution in [0.5, 0.6) is 0 Å². The van der Waals surface area contributed by atoms with Gasteiger partial charge in [0.2, 0.25) is 5.91 Å². The molecule has 1 aliphatic carbocycles. The van der Waals surface area contributed by atoms with E-state index in [1.54, 1.807) is 20.8 Å². The molecule has 0 spiro atoms. The molecule has 0 aromatic carbocycles. The number of nitrogens with one attached hydrogen (secondary N) is 1. The molecular weight excluding hydrogens is 292 g/mol. The summed E-state index contributed by atoms with van der Waals surface area (Å²) in [4.78, 5) is 35.8. The maximum Gasteiger partial charge on any atom is 0.348 e. The molecule has 0 atom stereocenters. The van der Waals surface area contributed by atoms with E-state index in [0.717, 1.165) is 24.2 Å². The van der Waals surface area contributed by atoms with E-state index in [0.29, 0.717) is 15.4 Å². The molecule has 7 heteroatoms. The Balaban J connectivity index is 2.32. The normalized spacial score (nSPS) is 14.1. The van der Waals surface area contributed by atoms with Crippen LogP contribution in [-0.2, 0) is 9.53 Å². The average molecular weight is 310 g/mol. The lowest BCUT2D eigenvalue weighted by molar-refractivity contribution is -0.117. The van der Waals surface area contributed by atoms with Gasteiger partial charge in [-0.3, -0.25) is 9.59 Å². The zero-order chi connectivity index (χ0) is 15.7. The highest BCUT2D eigenvalue weighted by Crippen LogP contribution is 2.36. The molecule has 1 saturated carbocycles. The number of thiophene rings is 1. The Bertz CT molecular complexity index is 602. The van der Waals surface area contributed by atoms with Crippen LogP contribution < -0.4 is 11.1 Å². The van der Waals surface area contributed by atoms with Gasteiger partial charge in [-0.15, -0.1) is 11.3 Å². The average Bonchev–Trinajstić information content (AvgIpc) is 3.13. The maximum absolute atomic E-state index is 12.0. The van der Waals surface area contributed by atoms with Crippen LogP contribution in [0, 0.1) is 12.8 Å². The van der Waals surface area contributed by atoms with Gasteiger partial charge in [-0.2, -0.15) is 0 Å². The second-order valence-corrected chi connectivity index (χ2v) is 6.36. The Morgan fingerprint density at radius 1 is 1.33 bits per heavy atom. The highest BCUT2D eigenvalue weighted by molar-refractivity contribution is 7.18. The minimum Gasteiger partial charge on any atom is -0.459 e. The molecule has 0 bridgehead atoms. The number of anilines is 1. The van der Waals surface area contributed by atoms with Crippen LogP contribution in [0.4, 0.5) is 5.00 Å². The fraction of sp³-hybridized carbons (Fsp3) is 0.500. The van der Waals surface area contributed by atoms with Crippen LogP contribution in [0.3, 0.4) is 0 Å². The van der Waals surface area contributed by atoms with Crippen molar-refractivity contribution in [3.05, 3.63) is 16.0 Å². The number of nitrogens with two attached hydrogens (primary N) is 1. The smallest absolute Gasteiger partial charge is 0.348 e. The molecule has 3 N–H and O–H groups in total. The Kier molecular flexibility index (Phi) is 4.32. The van der Waals surface area contributed by atoms with Gasteiger partial charge in [0.15, 0.2) is 0 Å². The van der Waals surface area contributed by atoms with E-state index in [1.807, 2.05) is 0 Å². The number of primary amides is 1. The molecule has 2 amide bonds. The molecule has 1 aromatic heterocycles. The van der Waals surface area contributed by atoms with Crippen LogP contribution in [0.15, 0.2) is 0 Å². The van der Waals surface area contributed by atoms with Gasteiger partial charge in [-0.25, -0.2) is 4.79 Å². The van der Waals surface area contributed by atoms with Crippen molar-refractivity contribution in [1.82, 2.24) is 0 Å².